The number of aromatic nitrogens is 2. The van der Waals surface area contributed by atoms with E-state index in [0.717, 1.165) is 30.1 Å². The number of hydrogen-bond donors (Lipinski definition) is 0. The number of rotatable bonds is 3. The van der Waals surface area contributed by atoms with E-state index in [4.69, 9.17) is 16.0 Å². The van der Waals surface area contributed by atoms with E-state index < -0.39 is 0 Å². The second-order valence-corrected chi connectivity index (χ2v) is 5.94. The first kappa shape index (κ1) is 10.6. The summed E-state index contributed by atoms with van der Waals surface area (Å²) in [6.45, 7) is 1.86. The van der Waals surface area contributed by atoms with E-state index in [1.165, 1.54) is 25.7 Å². The summed E-state index contributed by atoms with van der Waals surface area (Å²) < 4.78 is 5.56. The molecule has 4 heteroatoms. The second-order valence-electron chi connectivity index (χ2n) is 5.29. The third-order valence-electron chi connectivity index (χ3n) is 4.14. The van der Waals surface area contributed by atoms with Gasteiger partial charge in [-0.3, -0.25) is 0 Å². The average Bonchev–Trinajstić information content (AvgIpc) is 2.91. The molecule has 0 aromatic carbocycles. The van der Waals surface area contributed by atoms with Crippen LogP contribution >= 0.6 is 11.6 Å². The third-order valence-corrected chi connectivity index (χ3v) is 4.33. The van der Waals surface area contributed by atoms with E-state index >= 15 is 0 Å². The molecule has 0 amide bonds. The Morgan fingerprint density at radius 3 is 2.81 bits per heavy atom. The topological polar surface area (TPSA) is 38.9 Å². The Bertz CT molecular complexity index is 377. The van der Waals surface area contributed by atoms with Crippen molar-refractivity contribution >= 4 is 11.6 Å². The van der Waals surface area contributed by atoms with Crippen molar-refractivity contribution < 1.29 is 4.42 Å². The van der Waals surface area contributed by atoms with Crippen LogP contribution in [-0.4, -0.2) is 10.2 Å². The van der Waals surface area contributed by atoms with Crippen molar-refractivity contribution in [3.8, 4) is 0 Å². The fraction of sp³-hybridized carbons (Fsp3) is 0.833. The van der Waals surface area contributed by atoms with Crippen LogP contribution in [-0.2, 0) is 6.42 Å². The zero-order chi connectivity index (χ0) is 11.1. The van der Waals surface area contributed by atoms with Gasteiger partial charge in [-0.1, -0.05) is 6.42 Å². The Labute approximate surface area is 101 Å². The van der Waals surface area contributed by atoms with Crippen LogP contribution in [0.25, 0.3) is 0 Å². The predicted octanol–water partition coefficient (Wildman–Crippen LogP) is 3.35. The van der Waals surface area contributed by atoms with E-state index in [1.807, 2.05) is 6.92 Å². The van der Waals surface area contributed by atoms with Crippen LogP contribution < -0.4 is 0 Å². The van der Waals surface area contributed by atoms with Gasteiger partial charge in [-0.25, -0.2) is 0 Å². The molecule has 88 valence electrons. The van der Waals surface area contributed by atoms with E-state index in [1.54, 1.807) is 0 Å². The minimum absolute atomic E-state index is 0.179. The molecule has 1 aromatic rings. The number of halogens is 1. The molecule has 2 fully saturated rings. The summed E-state index contributed by atoms with van der Waals surface area (Å²) >= 11 is 5.90. The Hall–Kier alpha value is -0.570. The van der Waals surface area contributed by atoms with Gasteiger partial charge in [-0.15, -0.1) is 21.8 Å². The van der Waals surface area contributed by atoms with Gasteiger partial charge in [-0.2, -0.15) is 0 Å². The monoisotopic (exact) mass is 240 g/mol. The fourth-order valence-corrected chi connectivity index (χ4v) is 3.45. The molecular weight excluding hydrogens is 224 g/mol. The van der Waals surface area contributed by atoms with Crippen molar-refractivity contribution in [3.05, 3.63) is 11.8 Å². The quantitative estimate of drug-likeness (QED) is 0.761. The summed E-state index contributed by atoms with van der Waals surface area (Å²) in [4.78, 5) is 0. The van der Waals surface area contributed by atoms with Crippen LogP contribution in [0.4, 0.5) is 0 Å². The van der Waals surface area contributed by atoms with Crippen molar-refractivity contribution in [2.24, 2.45) is 17.8 Å². The SMILES string of the molecule is CC(Cl)c1nnc(CC2CC3CCC2C3)o1. The third kappa shape index (κ3) is 1.86. The summed E-state index contributed by atoms with van der Waals surface area (Å²) in [6, 6.07) is 0. The molecule has 0 radical (unpaired) electrons. The Balaban J connectivity index is 1.65. The molecule has 0 saturated heterocycles. The van der Waals surface area contributed by atoms with E-state index in [9.17, 15) is 0 Å². The van der Waals surface area contributed by atoms with Crippen LogP contribution in [0.1, 0.15) is 49.8 Å². The van der Waals surface area contributed by atoms with Crippen LogP contribution in [0, 0.1) is 17.8 Å². The number of nitrogens with zero attached hydrogens (tertiary/aromatic N) is 2. The van der Waals surface area contributed by atoms with Gasteiger partial charge in [0.15, 0.2) is 0 Å². The van der Waals surface area contributed by atoms with E-state index in [-0.39, 0.29) is 5.38 Å². The van der Waals surface area contributed by atoms with Gasteiger partial charge in [0.1, 0.15) is 5.38 Å². The largest absolute Gasteiger partial charge is 0.424 e. The molecular formula is C12H17ClN2O. The van der Waals surface area contributed by atoms with Crippen LogP contribution in [0.3, 0.4) is 0 Å². The smallest absolute Gasteiger partial charge is 0.234 e. The van der Waals surface area contributed by atoms with Gasteiger partial charge in [-0.05, 0) is 43.9 Å². The average molecular weight is 241 g/mol. The minimum Gasteiger partial charge on any atom is -0.424 e. The lowest BCUT2D eigenvalue weighted by Gasteiger charge is -2.19. The van der Waals surface area contributed by atoms with Gasteiger partial charge < -0.3 is 4.42 Å². The lowest BCUT2D eigenvalue weighted by Crippen LogP contribution is -2.13. The fourth-order valence-electron chi connectivity index (χ4n) is 3.36. The normalized spacial score (nSPS) is 34.5. The van der Waals surface area contributed by atoms with Gasteiger partial charge in [0, 0.05) is 6.42 Å². The van der Waals surface area contributed by atoms with E-state index in [2.05, 4.69) is 10.2 Å². The molecule has 2 aliphatic rings. The summed E-state index contributed by atoms with van der Waals surface area (Å²) in [5.41, 5.74) is 0. The molecule has 0 N–H and O–H groups in total. The lowest BCUT2D eigenvalue weighted by atomic mass is 9.86. The highest BCUT2D eigenvalue weighted by Crippen LogP contribution is 2.49. The molecule has 16 heavy (non-hydrogen) atoms. The maximum absolute atomic E-state index is 5.90. The van der Waals surface area contributed by atoms with Gasteiger partial charge in [0.05, 0.1) is 0 Å². The first-order valence-corrected chi connectivity index (χ1v) is 6.62. The molecule has 1 heterocycles. The molecule has 1 aromatic heterocycles. The molecule has 2 saturated carbocycles. The van der Waals surface area contributed by atoms with Crippen LogP contribution in [0.5, 0.6) is 0 Å². The molecule has 4 unspecified atom stereocenters. The van der Waals surface area contributed by atoms with Crippen molar-refractivity contribution in [2.75, 3.05) is 0 Å². The minimum atomic E-state index is -0.179. The standard InChI is InChI=1S/C12H17ClN2O/c1-7(13)12-15-14-11(16-12)6-10-5-8-2-3-9(10)4-8/h7-10H,2-6H2,1H3. The Kier molecular flexibility index (Phi) is 2.66. The molecule has 0 spiro atoms. The highest BCUT2D eigenvalue weighted by atomic mass is 35.5. The van der Waals surface area contributed by atoms with Crippen molar-refractivity contribution in [3.63, 3.8) is 0 Å². The molecule has 0 aliphatic heterocycles. The number of fused-ring (bicyclic) bond motifs is 2. The van der Waals surface area contributed by atoms with E-state index in [0.29, 0.717) is 5.89 Å². The summed E-state index contributed by atoms with van der Waals surface area (Å²) in [5.74, 6) is 4.00. The zero-order valence-electron chi connectivity index (χ0n) is 9.53. The molecule has 2 aliphatic carbocycles. The number of hydrogen-bond acceptors (Lipinski definition) is 3. The summed E-state index contributed by atoms with van der Waals surface area (Å²) in [7, 11) is 0. The first-order valence-electron chi connectivity index (χ1n) is 6.18. The Morgan fingerprint density at radius 1 is 1.38 bits per heavy atom. The zero-order valence-corrected chi connectivity index (χ0v) is 10.3. The van der Waals surface area contributed by atoms with Gasteiger partial charge >= 0.3 is 0 Å². The number of alkyl halides is 1. The van der Waals surface area contributed by atoms with Gasteiger partial charge in [0.2, 0.25) is 11.8 Å². The molecule has 2 bridgehead atoms. The predicted molar refractivity (Wildman–Crippen MR) is 61.2 cm³/mol. The van der Waals surface area contributed by atoms with Crippen LogP contribution in [0.2, 0.25) is 0 Å². The molecule has 3 nitrogen and oxygen atoms in total. The van der Waals surface area contributed by atoms with Crippen molar-refractivity contribution in [2.45, 2.75) is 44.4 Å². The second kappa shape index (κ2) is 4.02. The highest BCUT2D eigenvalue weighted by Gasteiger charge is 2.40. The Morgan fingerprint density at radius 2 is 2.25 bits per heavy atom. The van der Waals surface area contributed by atoms with Crippen molar-refractivity contribution in [1.29, 1.82) is 0 Å². The molecule has 3 rings (SSSR count). The first-order chi connectivity index (χ1) is 7.72. The van der Waals surface area contributed by atoms with Gasteiger partial charge in [0.25, 0.3) is 0 Å². The maximum Gasteiger partial charge on any atom is 0.234 e. The maximum atomic E-state index is 5.90. The molecule has 4 atom stereocenters. The highest BCUT2D eigenvalue weighted by molar-refractivity contribution is 6.20. The summed E-state index contributed by atoms with van der Waals surface area (Å²) in [5, 5.41) is 7.88. The van der Waals surface area contributed by atoms with Crippen molar-refractivity contribution in [1.82, 2.24) is 10.2 Å². The summed E-state index contributed by atoms with van der Waals surface area (Å²) in [6.07, 6.45) is 6.59. The lowest BCUT2D eigenvalue weighted by molar-refractivity contribution is 0.303. The van der Waals surface area contributed by atoms with Crippen LogP contribution in [0.15, 0.2) is 4.42 Å².